The van der Waals surface area contributed by atoms with Gasteiger partial charge >= 0.3 is 6.18 Å². The second-order valence-corrected chi connectivity index (χ2v) is 12.1. The lowest BCUT2D eigenvalue weighted by atomic mass is 9.94. The molecule has 3 amide bonds. The van der Waals surface area contributed by atoms with Crippen LogP contribution in [-0.4, -0.2) is 81.6 Å². The molecule has 0 saturated carbocycles. The molecule has 1 aromatic carbocycles. The van der Waals surface area contributed by atoms with E-state index in [-0.39, 0.29) is 54.7 Å². The zero-order valence-electron chi connectivity index (χ0n) is 25.4. The molecular weight excluding hydrogens is 569 g/mol. The third kappa shape index (κ3) is 9.19. The highest BCUT2D eigenvalue weighted by Gasteiger charge is 2.43. The van der Waals surface area contributed by atoms with Crippen LogP contribution < -0.4 is 10.1 Å². The standard InChI is InChI=1S/C30H41F3N4O6/c1-18(2)36(6)28(41)22-14-19(38)16-37(22)27(40)21(11-9-13-30(31,32)33)35-26(39)20-10-7-8-12-23(20)42-17-25-34-15-24(43-25)29(3,4)5/h7-8,10,12,15,18-19,21-22,38H,9,11,13-14,16-17H2,1-6H3,(H,35,39)/t19-,21?,22+/m0/s1. The second kappa shape index (κ2) is 13.8. The van der Waals surface area contributed by atoms with Gasteiger partial charge in [-0.15, -0.1) is 0 Å². The Morgan fingerprint density at radius 1 is 1.21 bits per heavy atom. The van der Waals surface area contributed by atoms with Gasteiger partial charge in [-0.1, -0.05) is 32.9 Å². The minimum Gasteiger partial charge on any atom is -0.483 e. The van der Waals surface area contributed by atoms with E-state index in [9.17, 15) is 32.7 Å². The van der Waals surface area contributed by atoms with E-state index in [0.29, 0.717) is 5.76 Å². The molecule has 43 heavy (non-hydrogen) atoms. The molecule has 0 radical (unpaired) electrons. The molecule has 2 N–H and O–H groups in total. The number of nitrogens with one attached hydrogen (secondary N) is 1. The molecule has 1 saturated heterocycles. The van der Waals surface area contributed by atoms with Crippen LogP contribution in [0.3, 0.4) is 0 Å². The number of hydrogen-bond acceptors (Lipinski definition) is 7. The van der Waals surface area contributed by atoms with Crippen LogP contribution in [-0.2, 0) is 21.6 Å². The maximum atomic E-state index is 13.7. The summed E-state index contributed by atoms with van der Waals surface area (Å²) in [6.07, 6.45) is -5.77. The van der Waals surface area contributed by atoms with Gasteiger partial charge in [-0.3, -0.25) is 14.4 Å². The van der Waals surface area contributed by atoms with Gasteiger partial charge in [-0.25, -0.2) is 4.98 Å². The van der Waals surface area contributed by atoms with Gasteiger partial charge in [0, 0.05) is 37.9 Å². The van der Waals surface area contributed by atoms with Crippen molar-refractivity contribution < 1.29 is 41.8 Å². The molecule has 238 valence electrons. The molecule has 13 heteroatoms. The molecule has 0 aliphatic carbocycles. The predicted octanol–water partition coefficient (Wildman–Crippen LogP) is 4.21. The van der Waals surface area contributed by atoms with Crippen LogP contribution in [0.15, 0.2) is 34.9 Å². The number of aliphatic hydroxyl groups is 1. The van der Waals surface area contributed by atoms with Gasteiger partial charge in [0.1, 0.15) is 23.6 Å². The number of alkyl halides is 3. The summed E-state index contributed by atoms with van der Waals surface area (Å²) in [5, 5.41) is 12.9. The van der Waals surface area contributed by atoms with Crippen LogP contribution in [0.5, 0.6) is 5.75 Å². The van der Waals surface area contributed by atoms with Crippen molar-refractivity contribution in [2.24, 2.45) is 0 Å². The maximum absolute atomic E-state index is 13.7. The Morgan fingerprint density at radius 2 is 1.88 bits per heavy atom. The summed E-state index contributed by atoms with van der Waals surface area (Å²) >= 11 is 0. The molecule has 3 rings (SSSR count). The largest absolute Gasteiger partial charge is 0.483 e. The SMILES string of the molecule is CC(C)N(C)C(=O)[C@H]1C[C@H](O)CN1C(=O)C(CCCC(F)(F)F)NC(=O)c1ccccc1OCc1ncc(C(C)(C)C)o1. The molecule has 3 atom stereocenters. The predicted molar refractivity (Wildman–Crippen MR) is 151 cm³/mol. The first-order valence-corrected chi connectivity index (χ1v) is 14.3. The smallest absolute Gasteiger partial charge is 0.389 e. The van der Waals surface area contributed by atoms with Gasteiger partial charge in [0.2, 0.25) is 17.7 Å². The van der Waals surface area contributed by atoms with Gasteiger partial charge in [-0.05, 0) is 38.8 Å². The number of benzene rings is 1. The third-order valence-corrected chi connectivity index (χ3v) is 7.30. The highest BCUT2D eigenvalue weighted by atomic mass is 19.4. The Kier molecular flexibility index (Phi) is 10.9. The number of aliphatic hydroxyl groups excluding tert-OH is 1. The van der Waals surface area contributed by atoms with Gasteiger partial charge < -0.3 is 29.4 Å². The first-order valence-electron chi connectivity index (χ1n) is 14.3. The number of oxazole rings is 1. The minimum atomic E-state index is -4.45. The highest BCUT2D eigenvalue weighted by molar-refractivity contribution is 6.00. The molecule has 1 aliphatic rings. The first-order chi connectivity index (χ1) is 20.0. The van der Waals surface area contributed by atoms with Gasteiger partial charge in [0.05, 0.1) is 17.9 Å². The van der Waals surface area contributed by atoms with Crippen molar-refractivity contribution in [1.29, 1.82) is 0 Å². The molecule has 0 bridgehead atoms. The minimum absolute atomic E-state index is 0.0146. The van der Waals surface area contributed by atoms with E-state index in [1.54, 1.807) is 39.2 Å². The van der Waals surface area contributed by atoms with E-state index in [4.69, 9.17) is 9.15 Å². The number of likely N-dealkylation sites (tertiary alicyclic amines) is 1. The number of hydrogen-bond donors (Lipinski definition) is 2. The van der Waals surface area contributed by atoms with Crippen molar-refractivity contribution in [3.8, 4) is 5.75 Å². The number of rotatable bonds is 11. The number of aromatic nitrogens is 1. The van der Waals surface area contributed by atoms with Crippen LogP contribution in [0, 0.1) is 0 Å². The molecular formula is C30H41F3N4O6. The van der Waals surface area contributed by atoms with Crippen molar-refractivity contribution in [3.63, 3.8) is 0 Å². The Bertz CT molecular complexity index is 1270. The van der Waals surface area contributed by atoms with E-state index >= 15 is 0 Å². The van der Waals surface area contributed by atoms with Crippen LogP contribution in [0.4, 0.5) is 13.2 Å². The lowest BCUT2D eigenvalue weighted by molar-refractivity contribution is -0.145. The Balaban J connectivity index is 1.81. The molecule has 1 aliphatic heterocycles. The van der Waals surface area contributed by atoms with E-state index in [0.717, 1.165) is 4.90 Å². The highest BCUT2D eigenvalue weighted by Crippen LogP contribution is 2.27. The van der Waals surface area contributed by atoms with Gasteiger partial charge in [-0.2, -0.15) is 13.2 Å². The fourth-order valence-corrected chi connectivity index (χ4v) is 4.62. The second-order valence-electron chi connectivity index (χ2n) is 12.1. The summed E-state index contributed by atoms with van der Waals surface area (Å²) in [5.74, 6) is -0.794. The number of β-amino-alcohol motifs (C(OH)–C–C–N with tert-alkyl or cyclic N) is 1. The fraction of sp³-hybridized carbons (Fsp3) is 0.600. The normalized spacial score (nSPS) is 18.1. The van der Waals surface area contributed by atoms with E-state index in [2.05, 4.69) is 10.3 Å². The van der Waals surface area contributed by atoms with Crippen LogP contribution >= 0.6 is 0 Å². The first kappa shape index (κ1) is 33.9. The number of ether oxygens (including phenoxy) is 1. The van der Waals surface area contributed by atoms with Gasteiger partial charge in [0.25, 0.3) is 5.91 Å². The number of para-hydroxylation sites is 1. The lowest BCUT2D eigenvalue weighted by Crippen LogP contribution is -2.54. The molecule has 0 spiro atoms. The quantitative estimate of drug-likeness (QED) is 0.391. The molecule has 1 unspecified atom stereocenters. The zero-order valence-corrected chi connectivity index (χ0v) is 25.4. The average molecular weight is 611 g/mol. The summed E-state index contributed by atoms with van der Waals surface area (Å²) in [4.78, 5) is 47.0. The van der Waals surface area contributed by atoms with E-state index in [1.165, 1.54) is 17.0 Å². The molecule has 1 aromatic heterocycles. The monoisotopic (exact) mass is 610 g/mol. The van der Waals surface area contributed by atoms with Gasteiger partial charge in [0.15, 0.2) is 6.61 Å². The molecule has 2 heterocycles. The molecule has 1 fully saturated rings. The molecule has 2 aromatic rings. The van der Waals surface area contributed by atoms with Crippen molar-refractivity contribution >= 4 is 17.7 Å². The van der Waals surface area contributed by atoms with E-state index in [1.807, 2.05) is 20.8 Å². The zero-order chi connectivity index (χ0) is 32.1. The topological polar surface area (TPSA) is 125 Å². The number of nitrogens with zero attached hydrogens (tertiary/aromatic N) is 3. The summed E-state index contributed by atoms with van der Waals surface area (Å²) in [6, 6.07) is 3.65. The number of amides is 3. The number of carbonyl (C=O) groups is 3. The molecule has 10 nitrogen and oxygen atoms in total. The number of carbonyl (C=O) groups excluding carboxylic acids is 3. The third-order valence-electron chi connectivity index (χ3n) is 7.30. The Hall–Kier alpha value is -3.61. The van der Waals surface area contributed by atoms with Crippen LogP contribution in [0.2, 0.25) is 0 Å². The Morgan fingerprint density at radius 3 is 2.49 bits per heavy atom. The average Bonchev–Trinajstić information content (AvgIpc) is 3.56. The number of halogens is 3. The van der Waals surface area contributed by atoms with Crippen molar-refractivity contribution in [1.82, 2.24) is 20.1 Å². The summed E-state index contributed by atoms with van der Waals surface area (Å²) in [7, 11) is 1.57. The maximum Gasteiger partial charge on any atom is 0.389 e. The van der Waals surface area contributed by atoms with Crippen molar-refractivity contribution in [2.45, 2.75) is 103 Å². The van der Waals surface area contributed by atoms with Crippen molar-refractivity contribution in [2.75, 3.05) is 13.6 Å². The number of likely N-dealkylation sites (N-methyl/N-ethyl adjacent to an activating group) is 1. The fourth-order valence-electron chi connectivity index (χ4n) is 4.62. The Labute approximate surface area is 249 Å². The lowest BCUT2D eigenvalue weighted by Gasteiger charge is -2.32. The van der Waals surface area contributed by atoms with Crippen LogP contribution in [0.1, 0.15) is 82.3 Å². The van der Waals surface area contributed by atoms with Crippen molar-refractivity contribution in [3.05, 3.63) is 47.7 Å². The summed E-state index contributed by atoms with van der Waals surface area (Å²) in [6.45, 7) is 9.21. The van der Waals surface area contributed by atoms with Crippen LogP contribution in [0.25, 0.3) is 0 Å². The summed E-state index contributed by atoms with van der Waals surface area (Å²) in [5.41, 5.74) is -0.219. The van der Waals surface area contributed by atoms with E-state index < -0.39 is 54.9 Å². The summed E-state index contributed by atoms with van der Waals surface area (Å²) < 4.78 is 50.4.